The first-order valence-electron chi connectivity index (χ1n) is 8.90. The molecule has 5 nitrogen and oxygen atoms in total. The summed E-state index contributed by atoms with van der Waals surface area (Å²) >= 11 is 0. The second-order valence-corrected chi connectivity index (χ2v) is 6.68. The number of hydrogen-bond acceptors (Lipinski definition) is 4. The minimum atomic E-state index is -0.0929. The van der Waals surface area contributed by atoms with E-state index < -0.39 is 0 Å². The van der Waals surface area contributed by atoms with Crippen LogP contribution in [0.5, 0.6) is 11.7 Å². The lowest BCUT2D eigenvalue weighted by Gasteiger charge is -2.40. The molecule has 0 bridgehead atoms. The summed E-state index contributed by atoms with van der Waals surface area (Å²) in [7, 11) is 1.87. The first kappa shape index (κ1) is 17.5. The van der Waals surface area contributed by atoms with Crippen LogP contribution in [0.2, 0.25) is 0 Å². The topological polar surface area (TPSA) is 45.9 Å². The van der Waals surface area contributed by atoms with Gasteiger partial charge in [0.1, 0.15) is 5.75 Å². The Balaban J connectivity index is 1.65. The Hall–Kier alpha value is -2.27. The van der Waals surface area contributed by atoms with Crippen molar-refractivity contribution in [1.82, 2.24) is 9.80 Å². The Labute approximate surface area is 149 Å². The zero-order valence-corrected chi connectivity index (χ0v) is 15.1. The summed E-state index contributed by atoms with van der Waals surface area (Å²) in [5, 5.41) is 0. The number of hydrogen-bond donors (Lipinski definition) is 0. The third kappa shape index (κ3) is 4.04. The van der Waals surface area contributed by atoms with Crippen LogP contribution in [0.1, 0.15) is 30.8 Å². The fourth-order valence-electron chi connectivity index (χ4n) is 3.50. The number of carbonyl (C=O) groups is 1. The second-order valence-electron chi connectivity index (χ2n) is 6.68. The van der Waals surface area contributed by atoms with E-state index in [1.54, 1.807) is 12.1 Å². The van der Waals surface area contributed by atoms with E-state index in [1.165, 1.54) is 0 Å². The third-order valence-corrected chi connectivity index (χ3v) is 4.96. The van der Waals surface area contributed by atoms with Crippen LogP contribution in [-0.2, 0) is 0 Å². The van der Waals surface area contributed by atoms with E-state index in [0.29, 0.717) is 23.4 Å². The van der Waals surface area contributed by atoms with Gasteiger partial charge in [-0.1, -0.05) is 32.0 Å². The largest absolute Gasteiger partial charge is 0.426 e. The maximum absolute atomic E-state index is 12.8. The highest BCUT2D eigenvalue weighted by Gasteiger charge is 2.32. The summed E-state index contributed by atoms with van der Waals surface area (Å²) in [6, 6.07) is 13.0. The van der Waals surface area contributed by atoms with E-state index in [9.17, 15) is 4.79 Å². The Morgan fingerprint density at radius 3 is 2.72 bits per heavy atom. The molecule has 1 fully saturated rings. The van der Waals surface area contributed by atoms with Crippen LogP contribution in [-0.4, -0.2) is 48.4 Å². The molecule has 2 atom stereocenters. The van der Waals surface area contributed by atoms with Crippen molar-refractivity contribution in [3.63, 3.8) is 0 Å². The lowest BCUT2D eigenvalue weighted by molar-refractivity contribution is 0.0489. The van der Waals surface area contributed by atoms with Crippen LogP contribution in [0, 0.1) is 5.92 Å². The number of piperidine rings is 1. The summed E-state index contributed by atoms with van der Waals surface area (Å²) in [6.45, 7) is 7.51. The molecule has 0 radical (unpaired) electrons. The number of nitrogens with zero attached hydrogens (tertiary/aromatic N) is 2. The maximum atomic E-state index is 12.8. The van der Waals surface area contributed by atoms with Crippen LogP contribution >= 0.6 is 0 Å². The summed E-state index contributed by atoms with van der Waals surface area (Å²) in [5.41, 5.74) is 0. The molecular weight excluding hydrogens is 316 g/mol. The van der Waals surface area contributed by atoms with Gasteiger partial charge in [-0.15, -0.1) is 0 Å². The Morgan fingerprint density at radius 2 is 2.04 bits per heavy atom. The molecule has 2 heterocycles. The molecule has 1 aromatic heterocycles. The molecule has 1 aromatic carbocycles. The first-order valence-corrected chi connectivity index (χ1v) is 8.90. The van der Waals surface area contributed by atoms with Gasteiger partial charge >= 0.3 is 0 Å². The van der Waals surface area contributed by atoms with Gasteiger partial charge in [-0.25, -0.2) is 0 Å². The molecule has 1 aliphatic rings. The number of furan rings is 1. The van der Waals surface area contributed by atoms with E-state index >= 15 is 0 Å². The first-order chi connectivity index (χ1) is 12.1. The number of ether oxygens (including phenoxy) is 1. The van der Waals surface area contributed by atoms with E-state index in [-0.39, 0.29) is 11.9 Å². The van der Waals surface area contributed by atoms with Crippen LogP contribution < -0.4 is 4.74 Å². The smallest absolute Gasteiger partial charge is 0.290 e. The average Bonchev–Trinajstić information content (AvgIpc) is 3.09. The average molecular weight is 342 g/mol. The minimum absolute atomic E-state index is 0.0929. The van der Waals surface area contributed by atoms with Crippen molar-refractivity contribution in [2.45, 2.75) is 26.3 Å². The lowest BCUT2D eigenvalue weighted by Crippen LogP contribution is -2.50. The Morgan fingerprint density at radius 1 is 1.28 bits per heavy atom. The van der Waals surface area contributed by atoms with Gasteiger partial charge in [0.15, 0.2) is 5.76 Å². The van der Waals surface area contributed by atoms with E-state index in [2.05, 4.69) is 18.7 Å². The number of para-hydroxylation sites is 1. The van der Waals surface area contributed by atoms with E-state index in [0.717, 1.165) is 26.1 Å². The van der Waals surface area contributed by atoms with Gasteiger partial charge in [0.05, 0.1) is 0 Å². The summed E-state index contributed by atoms with van der Waals surface area (Å²) in [4.78, 5) is 17.0. The van der Waals surface area contributed by atoms with Crippen molar-refractivity contribution >= 4 is 5.91 Å². The zero-order valence-electron chi connectivity index (χ0n) is 15.1. The molecule has 0 spiro atoms. The molecule has 2 aromatic rings. The molecule has 0 aliphatic carbocycles. The van der Waals surface area contributed by atoms with Gasteiger partial charge < -0.3 is 19.0 Å². The van der Waals surface area contributed by atoms with Gasteiger partial charge in [0.2, 0.25) is 0 Å². The molecular formula is C20H26N2O3. The van der Waals surface area contributed by atoms with Gasteiger partial charge in [0.25, 0.3) is 11.9 Å². The Kier molecular flexibility index (Phi) is 5.43. The Bertz CT molecular complexity index is 698. The van der Waals surface area contributed by atoms with E-state index in [1.807, 2.05) is 42.3 Å². The minimum Gasteiger partial charge on any atom is -0.426 e. The number of benzene rings is 1. The predicted molar refractivity (Wildman–Crippen MR) is 97.0 cm³/mol. The molecule has 1 amide bonds. The monoisotopic (exact) mass is 342 g/mol. The SMILES string of the molecule is CCN1CC[C@@H](N(C)C(=O)c2ccc(Oc3ccccc3)o2)[C@@H](C)C1. The lowest BCUT2D eigenvalue weighted by atomic mass is 9.92. The van der Waals surface area contributed by atoms with Crippen molar-refractivity contribution < 1.29 is 13.9 Å². The quantitative estimate of drug-likeness (QED) is 0.827. The van der Waals surface area contributed by atoms with Gasteiger partial charge in [-0.3, -0.25) is 4.79 Å². The highest BCUT2D eigenvalue weighted by molar-refractivity contribution is 5.91. The van der Waals surface area contributed by atoms with Crippen molar-refractivity contribution in [2.24, 2.45) is 5.92 Å². The van der Waals surface area contributed by atoms with Crippen LogP contribution in [0.25, 0.3) is 0 Å². The molecule has 1 saturated heterocycles. The number of rotatable bonds is 5. The highest BCUT2D eigenvalue weighted by atomic mass is 16.6. The number of amides is 1. The fourth-order valence-corrected chi connectivity index (χ4v) is 3.50. The molecule has 0 saturated carbocycles. The number of likely N-dealkylation sites (tertiary alicyclic amines) is 1. The van der Waals surface area contributed by atoms with Crippen molar-refractivity contribution in [2.75, 3.05) is 26.7 Å². The maximum Gasteiger partial charge on any atom is 0.290 e. The fraction of sp³-hybridized carbons (Fsp3) is 0.450. The molecule has 0 N–H and O–H groups in total. The highest BCUT2D eigenvalue weighted by Crippen LogP contribution is 2.26. The van der Waals surface area contributed by atoms with Gasteiger partial charge in [0, 0.05) is 32.2 Å². The molecule has 134 valence electrons. The van der Waals surface area contributed by atoms with Gasteiger partial charge in [-0.2, -0.15) is 0 Å². The normalized spacial score (nSPS) is 21.1. The van der Waals surface area contributed by atoms with E-state index in [4.69, 9.17) is 9.15 Å². The van der Waals surface area contributed by atoms with Crippen LogP contribution in [0.4, 0.5) is 0 Å². The molecule has 5 heteroatoms. The predicted octanol–water partition coefficient (Wildman–Crippen LogP) is 3.87. The summed E-state index contributed by atoms with van der Waals surface area (Å²) in [6.07, 6.45) is 0.991. The molecule has 1 aliphatic heterocycles. The van der Waals surface area contributed by atoms with Crippen LogP contribution in [0.15, 0.2) is 46.9 Å². The van der Waals surface area contributed by atoms with Crippen molar-refractivity contribution in [3.05, 3.63) is 48.2 Å². The summed E-state index contributed by atoms with van der Waals surface area (Å²) < 4.78 is 11.3. The molecule has 25 heavy (non-hydrogen) atoms. The zero-order chi connectivity index (χ0) is 17.8. The second kappa shape index (κ2) is 7.74. The number of carbonyl (C=O) groups excluding carboxylic acids is 1. The van der Waals surface area contributed by atoms with Crippen LogP contribution in [0.3, 0.4) is 0 Å². The van der Waals surface area contributed by atoms with Gasteiger partial charge in [-0.05, 0) is 37.1 Å². The summed E-state index contributed by atoms with van der Waals surface area (Å²) in [5.74, 6) is 1.68. The molecule has 3 rings (SSSR count). The third-order valence-electron chi connectivity index (χ3n) is 4.96. The molecule has 0 unspecified atom stereocenters. The van der Waals surface area contributed by atoms with Crippen molar-refractivity contribution in [3.8, 4) is 11.7 Å². The standard InChI is InChI=1S/C20H26N2O3/c1-4-22-13-12-17(15(2)14-22)21(3)20(23)18-10-11-19(25-18)24-16-8-6-5-7-9-16/h5-11,15,17H,4,12-14H2,1-3H3/t15-,17+/m0/s1. The van der Waals surface area contributed by atoms with Crippen molar-refractivity contribution in [1.29, 1.82) is 0 Å².